The molecule has 1 amide bonds. The summed E-state index contributed by atoms with van der Waals surface area (Å²) in [5.74, 6) is -1.41. The number of hydrogen-bond acceptors (Lipinski definition) is 6. The predicted molar refractivity (Wildman–Crippen MR) is 80.1 cm³/mol. The zero-order chi connectivity index (χ0) is 17.3. The fourth-order valence-electron chi connectivity index (χ4n) is 1.25. The van der Waals surface area contributed by atoms with Crippen LogP contribution in [0.4, 0.5) is 4.79 Å². The molecular formula is C15H25NO6. The highest BCUT2D eigenvalue weighted by Gasteiger charge is 2.22. The van der Waals surface area contributed by atoms with E-state index in [1.54, 1.807) is 0 Å². The Morgan fingerprint density at radius 2 is 1.64 bits per heavy atom. The van der Waals surface area contributed by atoms with Crippen molar-refractivity contribution < 1.29 is 28.6 Å². The SMILES string of the molecule is COC(=O)C=CC(=O)OCC(OC(=O)NC(C)(C)C)C(C)C. The third-order valence-electron chi connectivity index (χ3n) is 2.43. The first-order valence-electron chi connectivity index (χ1n) is 6.96. The zero-order valence-electron chi connectivity index (χ0n) is 14.0. The maximum absolute atomic E-state index is 11.7. The van der Waals surface area contributed by atoms with E-state index in [-0.39, 0.29) is 12.5 Å². The van der Waals surface area contributed by atoms with Crippen LogP contribution >= 0.6 is 0 Å². The molecule has 0 aromatic rings. The third-order valence-corrected chi connectivity index (χ3v) is 2.43. The number of ether oxygens (including phenoxy) is 3. The van der Waals surface area contributed by atoms with Gasteiger partial charge in [0.25, 0.3) is 0 Å². The number of alkyl carbamates (subject to hydrolysis) is 1. The van der Waals surface area contributed by atoms with Crippen molar-refractivity contribution in [1.82, 2.24) is 5.32 Å². The zero-order valence-corrected chi connectivity index (χ0v) is 14.0. The summed E-state index contributed by atoms with van der Waals surface area (Å²) in [6.07, 6.45) is 0.753. The molecule has 0 aliphatic rings. The standard InChI is InChI=1S/C15H25NO6/c1-10(2)11(22-14(19)16-15(3,4)5)9-21-13(18)8-7-12(17)20-6/h7-8,10-11H,9H2,1-6H3,(H,16,19). The molecule has 1 unspecified atom stereocenters. The quantitative estimate of drug-likeness (QED) is 0.456. The molecule has 0 saturated carbocycles. The molecule has 1 atom stereocenters. The average Bonchev–Trinajstić information content (AvgIpc) is 2.38. The van der Waals surface area contributed by atoms with E-state index in [0.717, 1.165) is 12.2 Å². The summed E-state index contributed by atoms with van der Waals surface area (Å²) in [4.78, 5) is 34.0. The van der Waals surface area contributed by atoms with Crippen LogP contribution < -0.4 is 5.32 Å². The molecule has 0 spiro atoms. The van der Waals surface area contributed by atoms with Gasteiger partial charge in [-0.2, -0.15) is 0 Å². The molecule has 0 bridgehead atoms. The van der Waals surface area contributed by atoms with E-state index in [4.69, 9.17) is 9.47 Å². The van der Waals surface area contributed by atoms with E-state index >= 15 is 0 Å². The van der Waals surface area contributed by atoms with Gasteiger partial charge in [-0.1, -0.05) is 13.8 Å². The maximum atomic E-state index is 11.7. The minimum atomic E-state index is -0.712. The fourth-order valence-corrected chi connectivity index (χ4v) is 1.25. The minimum absolute atomic E-state index is 0.0388. The van der Waals surface area contributed by atoms with Gasteiger partial charge in [-0.25, -0.2) is 14.4 Å². The van der Waals surface area contributed by atoms with Gasteiger partial charge >= 0.3 is 18.0 Å². The van der Waals surface area contributed by atoms with Gasteiger partial charge in [0.05, 0.1) is 7.11 Å². The van der Waals surface area contributed by atoms with Gasteiger partial charge in [-0.05, 0) is 26.7 Å². The van der Waals surface area contributed by atoms with Crippen LogP contribution in [0.5, 0.6) is 0 Å². The Hall–Kier alpha value is -2.05. The number of esters is 2. The fraction of sp³-hybridized carbons (Fsp3) is 0.667. The van der Waals surface area contributed by atoms with Crippen molar-refractivity contribution in [3.63, 3.8) is 0 Å². The van der Waals surface area contributed by atoms with E-state index in [2.05, 4.69) is 10.1 Å². The Labute approximate surface area is 131 Å². The summed E-state index contributed by atoms with van der Waals surface area (Å²) in [6, 6.07) is 0. The van der Waals surface area contributed by atoms with Crippen LogP contribution in [0.2, 0.25) is 0 Å². The second kappa shape index (κ2) is 9.07. The Bertz CT molecular complexity index is 422. The van der Waals surface area contributed by atoms with E-state index in [0.29, 0.717) is 0 Å². The normalized spacial score (nSPS) is 12.9. The first-order chi connectivity index (χ1) is 10.0. The van der Waals surface area contributed by atoms with Gasteiger partial charge in [-0.3, -0.25) is 0 Å². The van der Waals surface area contributed by atoms with Crippen LogP contribution in [-0.4, -0.2) is 43.4 Å². The van der Waals surface area contributed by atoms with E-state index < -0.39 is 29.7 Å². The molecule has 0 aromatic carbocycles. The highest BCUT2D eigenvalue weighted by Crippen LogP contribution is 2.09. The highest BCUT2D eigenvalue weighted by atomic mass is 16.6. The summed E-state index contributed by atoms with van der Waals surface area (Å²) >= 11 is 0. The molecule has 0 aliphatic heterocycles. The van der Waals surface area contributed by atoms with Gasteiger partial charge < -0.3 is 19.5 Å². The molecule has 7 nitrogen and oxygen atoms in total. The summed E-state index contributed by atoms with van der Waals surface area (Å²) in [7, 11) is 1.20. The number of carbonyl (C=O) groups excluding carboxylic acids is 3. The van der Waals surface area contributed by atoms with Crippen molar-refractivity contribution >= 4 is 18.0 Å². The smallest absolute Gasteiger partial charge is 0.407 e. The van der Waals surface area contributed by atoms with Crippen molar-refractivity contribution in [2.24, 2.45) is 5.92 Å². The first-order valence-corrected chi connectivity index (χ1v) is 6.96. The molecule has 126 valence electrons. The molecule has 0 aromatic heterocycles. The molecule has 1 N–H and O–H groups in total. The van der Waals surface area contributed by atoms with Crippen LogP contribution in [-0.2, 0) is 23.8 Å². The van der Waals surface area contributed by atoms with Crippen LogP contribution in [0.1, 0.15) is 34.6 Å². The van der Waals surface area contributed by atoms with Gasteiger partial charge in [0, 0.05) is 17.7 Å². The number of carbonyl (C=O) groups is 3. The first kappa shape index (κ1) is 19.9. The molecule has 0 fully saturated rings. The van der Waals surface area contributed by atoms with E-state index in [9.17, 15) is 14.4 Å². The molecular weight excluding hydrogens is 290 g/mol. The molecule has 22 heavy (non-hydrogen) atoms. The largest absolute Gasteiger partial charge is 0.466 e. The van der Waals surface area contributed by atoms with Crippen molar-refractivity contribution in [2.45, 2.75) is 46.3 Å². The number of hydrogen-bond donors (Lipinski definition) is 1. The summed E-state index contributed by atoms with van der Waals surface area (Å²) in [5.41, 5.74) is -0.418. The lowest BCUT2D eigenvalue weighted by molar-refractivity contribution is -0.142. The van der Waals surface area contributed by atoms with Crippen LogP contribution in [0.25, 0.3) is 0 Å². The van der Waals surface area contributed by atoms with Gasteiger partial charge in [0.2, 0.25) is 0 Å². The Kier molecular flexibility index (Phi) is 8.22. The molecule has 0 rings (SSSR count). The molecule has 0 radical (unpaired) electrons. The topological polar surface area (TPSA) is 90.9 Å². The van der Waals surface area contributed by atoms with Gasteiger partial charge in [-0.15, -0.1) is 0 Å². The summed E-state index contributed by atoms with van der Waals surface area (Å²) in [5, 5.41) is 2.66. The van der Waals surface area contributed by atoms with Crippen LogP contribution in [0, 0.1) is 5.92 Å². The minimum Gasteiger partial charge on any atom is -0.466 e. The van der Waals surface area contributed by atoms with E-state index in [1.807, 2.05) is 34.6 Å². The lowest BCUT2D eigenvalue weighted by Crippen LogP contribution is -2.43. The second-order valence-electron chi connectivity index (χ2n) is 6.05. The molecule has 0 aliphatic carbocycles. The Morgan fingerprint density at radius 1 is 1.09 bits per heavy atom. The summed E-state index contributed by atoms with van der Waals surface area (Å²) in [6.45, 7) is 9.07. The number of rotatable bonds is 6. The number of nitrogens with one attached hydrogen (secondary N) is 1. The highest BCUT2D eigenvalue weighted by molar-refractivity contribution is 5.91. The molecule has 0 saturated heterocycles. The molecule has 0 heterocycles. The van der Waals surface area contributed by atoms with Crippen LogP contribution in [0.15, 0.2) is 12.2 Å². The van der Waals surface area contributed by atoms with Crippen LogP contribution in [0.3, 0.4) is 0 Å². The van der Waals surface area contributed by atoms with Gasteiger partial charge in [0.15, 0.2) is 0 Å². The van der Waals surface area contributed by atoms with Gasteiger partial charge in [0.1, 0.15) is 12.7 Å². The van der Waals surface area contributed by atoms with Crippen molar-refractivity contribution in [3.8, 4) is 0 Å². The second-order valence-corrected chi connectivity index (χ2v) is 6.05. The van der Waals surface area contributed by atoms with Crippen molar-refractivity contribution in [3.05, 3.63) is 12.2 Å². The van der Waals surface area contributed by atoms with Crippen molar-refractivity contribution in [2.75, 3.05) is 13.7 Å². The lowest BCUT2D eigenvalue weighted by atomic mass is 10.1. The number of amides is 1. The lowest BCUT2D eigenvalue weighted by Gasteiger charge is -2.25. The third kappa shape index (κ3) is 9.79. The maximum Gasteiger partial charge on any atom is 0.407 e. The molecule has 7 heteroatoms. The van der Waals surface area contributed by atoms with E-state index in [1.165, 1.54) is 7.11 Å². The van der Waals surface area contributed by atoms with Crippen molar-refractivity contribution in [1.29, 1.82) is 0 Å². The average molecular weight is 315 g/mol. The Morgan fingerprint density at radius 3 is 2.09 bits per heavy atom. The monoisotopic (exact) mass is 315 g/mol. The summed E-state index contributed by atoms with van der Waals surface area (Å²) < 4.78 is 14.5. The Balaban J connectivity index is 4.42. The predicted octanol–water partition coefficient (Wildman–Crippen LogP) is 1.81. The number of methoxy groups -OCH3 is 1.